The Balaban J connectivity index is 2.29. The number of H-pyrrole nitrogens is 1. The third-order valence-electron chi connectivity index (χ3n) is 3.52. The predicted octanol–water partition coefficient (Wildman–Crippen LogP) is 1.88. The molecule has 1 aromatic heterocycles. The number of fused-ring (bicyclic) bond motifs is 1. The average molecular weight is 257 g/mol. The largest absolute Gasteiger partial charge is 0.437 e. The molecule has 3 rings (SSSR count). The lowest BCUT2D eigenvalue weighted by molar-refractivity contribution is 0.0790. The maximum atomic E-state index is 12.5. The molecule has 19 heavy (non-hydrogen) atoms. The smallest absolute Gasteiger partial charge is 0.299 e. The van der Waals surface area contributed by atoms with Crippen LogP contribution in [0.3, 0.4) is 0 Å². The number of nitrogens with one attached hydrogen (secondary N) is 1. The van der Waals surface area contributed by atoms with Gasteiger partial charge in [-0.2, -0.15) is 4.48 Å². The molecule has 1 aliphatic rings. The first kappa shape index (κ1) is 11.6. The molecule has 3 amide bonds. The van der Waals surface area contributed by atoms with Crippen LogP contribution in [0.4, 0.5) is 16.3 Å². The minimum atomic E-state index is -0.382. The number of hydrogen-bond acceptors (Lipinski definition) is 3. The highest BCUT2D eigenvalue weighted by Gasteiger charge is 2.51. The number of nitrogens with zero attached hydrogens (tertiary/aromatic N) is 3. The lowest BCUT2D eigenvalue weighted by atomic mass is 10.2. The minimum Gasteiger partial charge on any atom is -0.299 e. The van der Waals surface area contributed by atoms with Crippen molar-refractivity contribution < 1.29 is 9.59 Å². The summed E-state index contributed by atoms with van der Waals surface area (Å²) in [5, 5.41) is 0. The van der Waals surface area contributed by atoms with Gasteiger partial charge in [-0.05, 0) is 0 Å². The monoisotopic (exact) mass is 257 g/mol. The number of carbonyl (C=O) groups excluding carboxylic acids is 2. The maximum absolute atomic E-state index is 12.5. The lowest BCUT2D eigenvalue weighted by Gasteiger charge is -2.35. The van der Waals surface area contributed by atoms with Crippen molar-refractivity contribution in [3.63, 3.8) is 0 Å². The molecule has 0 saturated carbocycles. The van der Waals surface area contributed by atoms with Gasteiger partial charge in [0.25, 0.3) is 11.7 Å². The third-order valence-corrected chi connectivity index (χ3v) is 3.52. The molecule has 0 fully saturated rings. The second-order valence-corrected chi connectivity index (χ2v) is 4.59. The Morgan fingerprint density at radius 2 is 1.89 bits per heavy atom. The summed E-state index contributed by atoms with van der Waals surface area (Å²) in [7, 11) is 3.22. The number of imidazole rings is 1. The van der Waals surface area contributed by atoms with E-state index < -0.39 is 0 Å². The summed E-state index contributed by atoms with van der Waals surface area (Å²) in [6.45, 7) is 0. The molecule has 1 aliphatic heterocycles. The van der Waals surface area contributed by atoms with E-state index in [1.54, 1.807) is 7.05 Å². The molecule has 6 heteroatoms. The normalized spacial score (nSPS) is 22.5. The Bertz CT molecular complexity index is 664. The van der Waals surface area contributed by atoms with Crippen LogP contribution in [-0.4, -0.2) is 40.9 Å². The van der Waals surface area contributed by atoms with Crippen LogP contribution in [0.15, 0.2) is 36.7 Å². The summed E-state index contributed by atoms with van der Waals surface area (Å²) < 4.78 is -0.127. The summed E-state index contributed by atoms with van der Waals surface area (Å²) in [4.78, 5) is 32.6. The fourth-order valence-electron chi connectivity index (χ4n) is 2.39. The predicted molar refractivity (Wildman–Crippen MR) is 69.9 cm³/mol. The fraction of sp³-hybridized carbons (Fsp3) is 0.154. The van der Waals surface area contributed by atoms with Gasteiger partial charge in [0.05, 0.1) is 13.4 Å². The van der Waals surface area contributed by atoms with Crippen molar-refractivity contribution in [1.29, 1.82) is 0 Å². The van der Waals surface area contributed by atoms with Crippen molar-refractivity contribution in [1.82, 2.24) is 19.4 Å². The number of urea groups is 1. The minimum absolute atomic E-state index is 0.127. The van der Waals surface area contributed by atoms with Gasteiger partial charge < -0.3 is 0 Å². The molecule has 1 aromatic carbocycles. The average Bonchev–Trinajstić information content (AvgIpc) is 2.94. The number of quaternary nitrogens is 1. The van der Waals surface area contributed by atoms with Crippen LogP contribution >= 0.6 is 0 Å². The van der Waals surface area contributed by atoms with Crippen LogP contribution in [0.2, 0.25) is 0 Å². The zero-order chi connectivity index (χ0) is 13.6. The molecule has 6 nitrogen and oxygen atoms in total. The van der Waals surface area contributed by atoms with Crippen LogP contribution in [-0.2, 0) is 0 Å². The molecule has 1 atom stereocenters. The van der Waals surface area contributed by atoms with E-state index in [2.05, 4.69) is 9.97 Å². The van der Waals surface area contributed by atoms with E-state index in [0.29, 0.717) is 5.82 Å². The zero-order valence-electron chi connectivity index (χ0n) is 10.6. The van der Waals surface area contributed by atoms with Crippen LogP contribution < -0.4 is 4.48 Å². The van der Waals surface area contributed by atoms with Gasteiger partial charge in [-0.15, -0.1) is 0 Å². The zero-order valence-corrected chi connectivity index (χ0v) is 10.6. The molecule has 0 radical (unpaired) electrons. The molecule has 1 unspecified atom stereocenters. The summed E-state index contributed by atoms with van der Waals surface area (Å²) in [5.74, 6) is 0.118. The Morgan fingerprint density at radius 3 is 2.58 bits per heavy atom. The number of imide groups is 1. The number of para-hydroxylation sites is 1. The van der Waals surface area contributed by atoms with Gasteiger partial charge in [-0.3, -0.25) is 9.78 Å². The summed E-state index contributed by atoms with van der Waals surface area (Å²) in [6, 6.07) is 9.00. The first-order valence-electron chi connectivity index (χ1n) is 5.85. The van der Waals surface area contributed by atoms with Crippen LogP contribution in [0.1, 0.15) is 10.5 Å². The van der Waals surface area contributed by atoms with E-state index in [4.69, 9.17) is 0 Å². The van der Waals surface area contributed by atoms with E-state index >= 15 is 0 Å². The third kappa shape index (κ3) is 1.37. The van der Waals surface area contributed by atoms with Crippen LogP contribution in [0, 0.1) is 0 Å². The Labute approximate surface area is 109 Å². The molecular formula is C13H13N4O2+. The Kier molecular flexibility index (Phi) is 2.30. The van der Waals surface area contributed by atoms with Gasteiger partial charge in [0.2, 0.25) is 5.69 Å². The fourth-order valence-corrected chi connectivity index (χ4v) is 2.39. The topological polar surface area (TPSA) is 66.1 Å². The summed E-state index contributed by atoms with van der Waals surface area (Å²) >= 11 is 0. The Hall–Kier alpha value is -2.47. The highest BCUT2D eigenvalue weighted by atomic mass is 16.2. The van der Waals surface area contributed by atoms with Crippen LogP contribution in [0.25, 0.3) is 0 Å². The van der Waals surface area contributed by atoms with Gasteiger partial charge in [-0.25, -0.2) is 14.7 Å². The van der Waals surface area contributed by atoms with E-state index in [1.807, 2.05) is 30.3 Å². The number of amides is 3. The van der Waals surface area contributed by atoms with Crippen molar-refractivity contribution in [2.45, 2.75) is 0 Å². The van der Waals surface area contributed by atoms with Crippen LogP contribution in [0.5, 0.6) is 0 Å². The number of carbonyl (C=O) groups is 2. The number of aromatic amines is 1. The Morgan fingerprint density at radius 1 is 1.21 bits per heavy atom. The SMILES string of the molecule is CN1C(=O)c2nc[nH]c2[N+](C)(c2ccccc2)C1=O. The second kappa shape index (κ2) is 3.76. The first-order valence-corrected chi connectivity index (χ1v) is 5.85. The lowest BCUT2D eigenvalue weighted by Crippen LogP contribution is -2.58. The van der Waals surface area contributed by atoms with Crippen molar-refractivity contribution in [3.8, 4) is 0 Å². The molecular weight excluding hydrogens is 244 g/mol. The number of aromatic nitrogens is 2. The standard InChI is InChI=1S/C13H12N4O2/c1-16-12(18)10-11(15-8-14-10)17(2,13(16)19)9-6-4-3-5-7-9/h3-8H,1-2H3/p+1. The van der Waals surface area contributed by atoms with E-state index in [9.17, 15) is 9.59 Å². The van der Waals surface area contributed by atoms with E-state index in [-0.39, 0.29) is 22.1 Å². The highest BCUT2D eigenvalue weighted by Crippen LogP contribution is 2.37. The number of rotatable bonds is 1. The second-order valence-electron chi connectivity index (χ2n) is 4.59. The van der Waals surface area contributed by atoms with Gasteiger partial charge >= 0.3 is 6.03 Å². The molecule has 1 N–H and O–H groups in total. The molecule has 0 bridgehead atoms. The molecule has 0 spiro atoms. The number of benzene rings is 1. The van der Waals surface area contributed by atoms with Crippen molar-refractivity contribution in [2.75, 3.05) is 14.1 Å². The molecule has 2 aromatic rings. The quantitative estimate of drug-likeness (QED) is 0.793. The summed E-state index contributed by atoms with van der Waals surface area (Å²) in [6.07, 6.45) is 1.44. The maximum Gasteiger partial charge on any atom is 0.437 e. The molecule has 0 aliphatic carbocycles. The molecule has 96 valence electrons. The van der Waals surface area contributed by atoms with E-state index in [0.717, 1.165) is 10.6 Å². The first-order chi connectivity index (χ1) is 9.06. The van der Waals surface area contributed by atoms with Gasteiger partial charge in [0.15, 0.2) is 0 Å². The van der Waals surface area contributed by atoms with Gasteiger partial charge in [0, 0.05) is 19.2 Å². The van der Waals surface area contributed by atoms with Crippen molar-refractivity contribution in [2.24, 2.45) is 0 Å². The van der Waals surface area contributed by atoms with Crippen molar-refractivity contribution >= 4 is 23.4 Å². The molecule has 2 heterocycles. The van der Waals surface area contributed by atoms with Gasteiger partial charge in [0.1, 0.15) is 5.69 Å². The highest BCUT2D eigenvalue weighted by molar-refractivity contribution is 6.14. The van der Waals surface area contributed by atoms with E-state index in [1.165, 1.54) is 13.4 Å². The van der Waals surface area contributed by atoms with Crippen molar-refractivity contribution in [3.05, 3.63) is 42.4 Å². The number of hydrogen-bond donors (Lipinski definition) is 1. The summed E-state index contributed by atoms with van der Waals surface area (Å²) in [5.41, 5.74) is 1.06. The molecule has 0 saturated heterocycles. The van der Waals surface area contributed by atoms with Gasteiger partial charge in [-0.1, -0.05) is 18.2 Å².